The number of rotatable bonds is 2. The molecule has 2 heterocycles. The lowest BCUT2D eigenvalue weighted by Gasteiger charge is -2.17. The van der Waals surface area contributed by atoms with Crippen LogP contribution in [0.4, 0.5) is 5.69 Å². The topological polar surface area (TPSA) is 33.2 Å². The van der Waals surface area contributed by atoms with Crippen LogP contribution in [0.2, 0.25) is 5.15 Å². The summed E-state index contributed by atoms with van der Waals surface area (Å²) in [5, 5.41) is 0.331. The summed E-state index contributed by atoms with van der Waals surface area (Å²) in [6.07, 6.45) is 0.482. The van der Waals surface area contributed by atoms with E-state index in [1.165, 1.54) is 0 Å². The van der Waals surface area contributed by atoms with Gasteiger partial charge in [-0.05, 0) is 34.0 Å². The summed E-state index contributed by atoms with van der Waals surface area (Å²) in [5.74, 6) is 0.745. The average Bonchev–Trinajstić information content (AvgIpc) is 2.60. The predicted octanol–water partition coefficient (Wildman–Crippen LogP) is 3.09. The zero-order valence-corrected chi connectivity index (χ0v) is 11.4. The van der Waals surface area contributed by atoms with E-state index in [9.17, 15) is 4.79 Å². The molecule has 2 rings (SSSR count). The SMILES string of the molecule is O=C1CC(CCl)CN1c1ccc(Br)nc1Cl. The quantitative estimate of drug-likeness (QED) is 0.619. The van der Waals surface area contributed by atoms with E-state index in [-0.39, 0.29) is 11.8 Å². The van der Waals surface area contributed by atoms with Crippen LogP contribution < -0.4 is 4.90 Å². The minimum absolute atomic E-state index is 0.0525. The number of hydrogen-bond acceptors (Lipinski definition) is 2. The second-order valence-electron chi connectivity index (χ2n) is 3.67. The second-order valence-corrected chi connectivity index (χ2v) is 5.15. The van der Waals surface area contributed by atoms with Crippen LogP contribution in [0.25, 0.3) is 0 Å². The number of alkyl halides is 1. The summed E-state index contributed by atoms with van der Waals surface area (Å²) in [6.45, 7) is 0.616. The van der Waals surface area contributed by atoms with E-state index in [4.69, 9.17) is 23.2 Å². The maximum atomic E-state index is 11.8. The van der Waals surface area contributed by atoms with Crippen LogP contribution in [0.3, 0.4) is 0 Å². The highest BCUT2D eigenvalue weighted by Gasteiger charge is 2.31. The van der Waals surface area contributed by atoms with Crippen LogP contribution in [0, 0.1) is 5.92 Å². The Morgan fingerprint density at radius 1 is 1.56 bits per heavy atom. The van der Waals surface area contributed by atoms with Gasteiger partial charge in [0.1, 0.15) is 4.60 Å². The third kappa shape index (κ3) is 2.34. The number of halogens is 3. The monoisotopic (exact) mass is 322 g/mol. The van der Waals surface area contributed by atoms with Crippen molar-refractivity contribution in [3.05, 3.63) is 21.9 Å². The van der Waals surface area contributed by atoms with Crippen LogP contribution in [-0.2, 0) is 4.79 Å². The van der Waals surface area contributed by atoms with Gasteiger partial charge in [-0.3, -0.25) is 4.79 Å². The number of aromatic nitrogens is 1. The average molecular weight is 324 g/mol. The Balaban J connectivity index is 2.28. The Bertz CT molecular complexity index is 427. The number of pyridine rings is 1. The first-order valence-corrected chi connectivity index (χ1v) is 6.50. The molecule has 0 bridgehead atoms. The molecule has 16 heavy (non-hydrogen) atoms. The summed E-state index contributed by atoms with van der Waals surface area (Å²) in [4.78, 5) is 17.5. The first-order valence-electron chi connectivity index (χ1n) is 4.80. The summed E-state index contributed by atoms with van der Waals surface area (Å²) in [7, 11) is 0. The van der Waals surface area contributed by atoms with E-state index >= 15 is 0 Å². The Hall–Kier alpha value is -0.320. The van der Waals surface area contributed by atoms with Gasteiger partial charge in [-0.1, -0.05) is 11.6 Å². The molecule has 3 nitrogen and oxygen atoms in total. The molecule has 0 aliphatic carbocycles. The van der Waals surface area contributed by atoms with Gasteiger partial charge in [0.25, 0.3) is 0 Å². The molecule has 0 radical (unpaired) electrons. The molecule has 1 aliphatic heterocycles. The van der Waals surface area contributed by atoms with Crippen molar-refractivity contribution < 1.29 is 4.79 Å². The molecule has 1 aromatic heterocycles. The van der Waals surface area contributed by atoms with Gasteiger partial charge in [-0.25, -0.2) is 4.98 Å². The summed E-state index contributed by atoms with van der Waals surface area (Å²) in [5.41, 5.74) is 0.655. The Labute approximate surface area is 112 Å². The van der Waals surface area contributed by atoms with Crippen LogP contribution in [0.15, 0.2) is 16.7 Å². The molecule has 0 saturated carbocycles. The van der Waals surface area contributed by atoms with Gasteiger partial charge in [-0.2, -0.15) is 0 Å². The lowest BCUT2D eigenvalue weighted by Crippen LogP contribution is -2.25. The predicted molar refractivity (Wildman–Crippen MR) is 68.1 cm³/mol. The normalized spacial score (nSPS) is 20.6. The van der Waals surface area contributed by atoms with Crippen LogP contribution in [0.1, 0.15) is 6.42 Å². The minimum atomic E-state index is 0.0525. The zero-order chi connectivity index (χ0) is 11.7. The highest BCUT2D eigenvalue weighted by molar-refractivity contribution is 9.10. The lowest BCUT2D eigenvalue weighted by atomic mass is 10.1. The molecular weight excluding hydrogens is 315 g/mol. The summed E-state index contributed by atoms with van der Waals surface area (Å²) < 4.78 is 0.654. The van der Waals surface area contributed by atoms with E-state index in [1.54, 1.807) is 17.0 Å². The number of carbonyl (C=O) groups excluding carboxylic acids is 1. The maximum Gasteiger partial charge on any atom is 0.227 e. The number of hydrogen-bond donors (Lipinski definition) is 0. The van der Waals surface area contributed by atoms with E-state index in [1.807, 2.05) is 0 Å². The van der Waals surface area contributed by atoms with E-state index in [0.717, 1.165) is 0 Å². The first kappa shape index (κ1) is 12.1. The molecule has 1 atom stereocenters. The van der Waals surface area contributed by atoms with Crippen LogP contribution >= 0.6 is 39.1 Å². The van der Waals surface area contributed by atoms with Gasteiger partial charge in [-0.15, -0.1) is 11.6 Å². The third-order valence-corrected chi connectivity index (χ3v) is 3.67. The molecule has 86 valence electrons. The van der Waals surface area contributed by atoms with Crippen LogP contribution in [0.5, 0.6) is 0 Å². The fraction of sp³-hybridized carbons (Fsp3) is 0.400. The van der Waals surface area contributed by atoms with Gasteiger partial charge < -0.3 is 4.90 Å². The van der Waals surface area contributed by atoms with E-state index in [0.29, 0.717) is 34.3 Å². The standard InChI is InChI=1S/C10H9BrCl2N2O/c11-8-2-1-7(10(13)14-8)15-5-6(4-12)3-9(15)16/h1-2,6H,3-5H2. The Kier molecular flexibility index (Phi) is 3.72. The molecule has 1 saturated heterocycles. The second kappa shape index (κ2) is 4.90. The minimum Gasteiger partial charge on any atom is -0.309 e. The van der Waals surface area contributed by atoms with Crippen molar-refractivity contribution >= 4 is 50.7 Å². The van der Waals surface area contributed by atoms with Crippen molar-refractivity contribution in [3.63, 3.8) is 0 Å². The molecule has 6 heteroatoms. The number of carbonyl (C=O) groups is 1. The van der Waals surface area contributed by atoms with E-state index in [2.05, 4.69) is 20.9 Å². The fourth-order valence-corrected chi connectivity index (χ4v) is 2.60. The third-order valence-electron chi connectivity index (χ3n) is 2.51. The molecule has 1 aromatic rings. The number of anilines is 1. The Morgan fingerprint density at radius 3 is 2.88 bits per heavy atom. The van der Waals surface area contributed by atoms with Gasteiger partial charge in [0.2, 0.25) is 5.91 Å². The van der Waals surface area contributed by atoms with Crippen molar-refractivity contribution in [1.29, 1.82) is 0 Å². The molecule has 1 aliphatic rings. The molecule has 1 unspecified atom stereocenters. The molecule has 1 amide bonds. The largest absolute Gasteiger partial charge is 0.309 e. The van der Waals surface area contributed by atoms with Crippen molar-refractivity contribution in [1.82, 2.24) is 4.98 Å². The van der Waals surface area contributed by atoms with Gasteiger partial charge >= 0.3 is 0 Å². The number of nitrogens with zero attached hydrogens (tertiary/aromatic N) is 2. The lowest BCUT2D eigenvalue weighted by molar-refractivity contribution is -0.117. The molecule has 0 N–H and O–H groups in total. The Morgan fingerprint density at radius 2 is 2.31 bits per heavy atom. The molecule has 0 aromatic carbocycles. The summed E-state index contributed by atoms with van der Waals surface area (Å²) >= 11 is 15.0. The van der Waals surface area contributed by atoms with Crippen molar-refractivity contribution in [2.24, 2.45) is 5.92 Å². The smallest absolute Gasteiger partial charge is 0.227 e. The highest BCUT2D eigenvalue weighted by Crippen LogP contribution is 2.31. The van der Waals surface area contributed by atoms with Crippen molar-refractivity contribution in [2.75, 3.05) is 17.3 Å². The highest BCUT2D eigenvalue weighted by atomic mass is 79.9. The van der Waals surface area contributed by atoms with Crippen molar-refractivity contribution in [2.45, 2.75) is 6.42 Å². The van der Waals surface area contributed by atoms with Gasteiger partial charge in [0, 0.05) is 18.8 Å². The number of amides is 1. The molecule has 1 fully saturated rings. The van der Waals surface area contributed by atoms with E-state index < -0.39 is 0 Å². The van der Waals surface area contributed by atoms with Crippen LogP contribution in [-0.4, -0.2) is 23.3 Å². The van der Waals surface area contributed by atoms with Gasteiger partial charge in [0.15, 0.2) is 5.15 Å². The maximum absolute atomic E-state index is 11.8. The zero-order valence-electron chi connectivity index (χ0n) is 8.29. The first-order chi connectivity index (χ1) is 7.61. The summed E-state index contributed by atoms with van der Waals surface area (Å²) in [6, 6.07) is 3.55. The molecule has 0 spiro atoms. The molecular formula is C10H9BrCl2N2O. The fourth-order valence-electron chi connectivity index (χ4n) is 1.72. The van der Waals surface area contributed by atoms with Gasteiger partial charge in [0.05, 0.1) is 5.69 Å². The van der Waals surface area contributed by atoms with Crippen molar-refractivity contribution in [3.8, 4) is 0 Å².